The van der Waals surface area contributed by atoms with E-state index in [1.54, 1.807) is 13.8 Å². The summed E-state index contributed by atoms with van der Waals surface area (Å²) in [6.45, 7) is 5.86. The highest BCUT2D eigenvalue weighted by Gasteiger charge is 2.23. The molecular weight excluding hydrogens is 230 g/mol. The van der Waals surface area contributed by atoms with Crippen LogP contribution in [0.4, 0.5) is 5.82 Å². The van der Waals surface area contributed by atoms with Gasteiger partial charge in [0.2, 0.25) is 0 Å². The van der Waals surface area contributed by atoms with E-state index in [0.29, 0.717) is 24.7 Å². The van der Waals surface area contributed by atoms with Crippen LogP contribution < -0.4 is 5.73 Å². The van der Waals surface area contributed by atoms with Crippen molar-refractivity contribution in [3.05, 3.63) is 11.5 Å². The lowest BCUT2D eigenvalue weighted by Crippen LogP contribution is -2.14. The summed E-state index contributed by atoms with van der Waals surface area (Å²) in [6, 6.07) is 0.0608. The number of nitrogens with two attached hydrogens (primary N) is 1. The van der Waals surface area contributed by atoms with Gasteiger partial charge in [-0.2, -0.15) is 0 Å². The van der Waals surface area contributed by atoms with Gasteiger partial charge in [0, 0.05) is 12.5 Å². The number of rotatable bonds is 5. The minimum Gasteiger partial charge on any atom is -0.461 e. The monoisotopic (exact) mass is 249 g/mol. The average molecular weight is 249 g/mol. The van der Waals surface area contributed by atoms with E-state index in [4.69, 9.17) is 16.9 Å². The number of aromatic nitrogens is 2. The molecule has 0 aliphatic heterocycles. The highest BCUT2D eigenvalue weighted by Crippen LogP contribution is 2.25. The van der Waals surface area contributed by atoms with Crippen LogP contribution >= 0.6 is 0 Å². The van der Waals surface area contributed by atoms with Crippen molar-refractivity contribution < 1.29 is 9.53 Å². The molecule has 98 valence electrons. The van der Waals surface area contributed by atoms with E-state index in [1.807, 2.05) is 11.5 Å². The van der Waals surface area contributed by atoms with Gasteiger partial charge in [-0.25, -0.2) is 9.78 Å². The van der Waals surface area contributed by atoms with Crippen molar-refractivity contribution in [1.29, 1.82) is 0 Å². The standard InChI is InChI=1S/C13H19N3O2/c1-5-8-10(6-2)16-9(4)15-11(12(16)14)13(17)18-7-3/h1,10H,6-8,14H2,2-4H3. The smallest absolute Gasteiger partial charge is 0.360 e. The average Bonchev–Trinajstić information content (AvgIpc) is 2.63. The molecule has 0 radical (unpaired) electrons. The number of esters is 1. The molecule has 0 saturated heterocycles. The van der Waals surface area contributed by atoms with E-state index in [1.165, 1.54) is 0 Å². The van der Waals surface area contributed by atoms with Gasteiger partial charge in [-0.05, 0) is 20.3 Å². The van der Waals surface area contributed by atoms with Crippen molar-refractivity contribution >= 4 is 11.8 Å². The van der Waals surface area contributed by atoms with Crippen LogP contribution in [0.25, 0.3) is 0 Å². The molecule has 0 bridgehead atoms. The van der Waals surface area contributed by atoms with Gasteiger partial charge in [0.15, 0.2) is 5.69 Å². The molecule has 0 spiro atoms. The molecule has 1 atom stereocenters. The zero-order chi connectivity index (χ0) is 13.7. The quantitative estimate of drug-likeness (QED) is 0.639. The van der Waals surface area contributed by atoms with Crippen LogP contribution in [0.15, 0.2) is 0 Å². The largest absolute Gasteiger partial charge is 0.461 e. The molecule has 1 aromatic rings. The molecule has 0 saturated carbocycles. The maximum absolute atomic E-state index is 11.7. The first-order chi connectivity index (χ1) is 8.56. The van der Waals surface area contributed by atoms with Crippen molar-refractivity contribution in [3.8, 4) is 12.3 Å². The molecule has 5 heteroatoms. The first-order valence-electron chi connectivity index (χ1n) is 6.01. The Labute approximate surface area is 107 Å². The summed E-state index contributed by atoms with van der Waals surface area (Å²) in [5.74, 6) is 3.13. The predicted molar refractivity (Wildman–Crippen MR) is 70.1 cm³/mol. The first-order valence-corrected chi connectivity index (χ1v) is 6.01. The van der Waals surface area contributed by atoms with E-state index in [2.05, 4.69) is 10.9 Å². The number of ether oxygens (including phenoxy) is 1. The number of anilines is 1. The van der Waals surface area contributed by atoms with Gasteiger partial charge in [0.25, 0.3) is 0 Å². The van der Waals surface area contributed by atoms with Gasteiger partial charge in [-0.15, -0.1) is 12.3 Å². The number of hydrogen-bond donors (Lipinski definition) is 1. The molecule has 1 rings (SSSR count). The fourth-order valence-corrected chi connectivity index (χ4v) is 1.93. The van der Waals surface area contributed by atoms with E-state index >= 15 is 0 Å². The minimum atomic E-state index is -0.493. The third kappa shape index (κ3) is 2.65. The van der Waals surface area contributed by atoms with Crippen molar-refractivity contribution in [1.82, 2.24) is 9.55 Å². The van der Waals surface area contributed by atoms with Crippen LogP contribution in [-0.4, -0.2) is 22.1 Å². The van der Waals surface area contributed by atoms with Gasteiger partial charge < -0.3 is 15.0 Å². The van der Waals surface area contributed by atoms with Crippen LogP contribution in [0.2, 0.25) is 0 Å². The number of imidazole rings is 1. The molecule has 0 aliphatic carbocycles. The lowest BCUT2D eigenvalue weighted by atomic mass is 10.1. The van der Waals surface area contributed by atoms with Crippen LogP contribution in [0.3, 0.4) is 0 Å². The third-order valence-corrected chi connectivity index (χ3v) is 2.78. The summed E-state index contributed by atoms with van der Waals surface area (Å²) < 4.78 is 6.73. The Bertz CT molecular complexity index is 471. The van der Waals surface area contributed by atoms with Gasteiger partial charge in [-0.3, -0.25) is 0 Å². The zero-order valence-electron chi connectivity index (χ0n) is 11.1. The van der Waals surface area contributed by atoms with E-state index in [9.17, 15) is 4.79 Å². The molecule has 2 N–H and O–H groups in total. The Hall–Kier alpha value is -1.96. The van der Waals surface area contributed by atoms with Crippen molar-refractivity contribution in [2.75, 3.05) is 12.3 Å². The van der Waals surface area contributed by atoms with Crippen molar-refractivity contribution in [2.45, 2.75) is 39.7 Å². The Balaban J connectivity index is 3.15. The second-order valence-corrected chi connectivity index (χ2v) is 3.95. The molecule has 5 nitrogen and oxygen atoms in total. The van der Waals surface area contributed by atoms with Gasteiger partial charge >= 0.3 is 5.97 Å². The molecule has 0 amide bonds. The fourth-order valence-electron chi connectivity index (χ4n) is 1.93. The van der Waals surface area contributed by atoms with E-state index in [-0.39, 0.29) is 11.7 Å². The number of nitrogen functional groups attached to an aromatic ring is 1. The summed E-state index contributed by atoms with van der Waals surface area (Å²) in [5.41, 5.74) is 6.14. The highest BCUT2D eigenvalue weighted by molar-refractivity contribution is 5.92. The molecule has 0 aromatic carbocycles. The van der Waals surface area contributed by atoms with Crippen LogP contribution in [0.1, 0.15) is 49.0 Å². The maximum atomic E-state index is 11.7. The second-order valence-electron chi connectivity index (χ2n) is 3.95. The highest BCUT2D eigenvalue weighted by atomic mass is 16.5. The number of carbonyl (C=O) groups excluding carboxylic acids is 1. The number of nitrogens with zero attached hydrogens (tertiary/aromatic N) is 2. The summed E-state index contributed by atoms with van der Waals surface area (Å²) >= 11 is 0. The molecule has 1 aromatic heterocycles. The molecule has 1 unspecified atom stereocenters. The lowest BCUT2D eigenvalue weighted by molar-refractivity contribution is 0.0521. The molecule has 18 heavy (non-hydrogen) atoms. The van der Waals surface area contributed by atoms with Gasteiger partial charge in [0.05, 0.1) is 6.61 Å². The van der Waals surface area contributed by atoms with E-state index in [0.717, 1.165) is 6.42 Å². The Kier molecular flexibility index (Phi) is 4.78. The number of terminal acetylenes is 1. The topological polar surface area (TPSA) is 70.1 Å². The summed E-state index contributed by atoms with van der Waals surface area (Å²) in [6.07, 6.45) is 6.72. The van der Waals surface area contributed by atoms with Crippen molar-refractivity contribution in [2.24, 2.45) is 0 Å². The van der Waals surface area contributed by atoms with Crippen molar-refractivity contribution in [3.63, 3.8) is 0 Å². The third-order valence-electron chi connectivity index (χ3n) is 2.78. The Morgan fingerprint density at radius 2 is 2.28 bits per heavy atom. The van der Waals surface area contributed by atoms with Crippen LogP contribution in [0, 0.1) is 19.3 Å². The van der Waals surface area contributed by atoms with Gasteiger partial charge in [0.1, 0.15) is 11.6 Å². The fraction of sp³-hybridized carbons (Fsp3) is 0.538. The minimum absolute atomic E-state index is 0.0608. The molecular formula is C13H19N3O2. The molecule has 0 aliphatic rings. The first kappa shape index (κ1) is 14.1. The number of aryl methyl sites for hydroxylation is 1. The SMILES string of the molecule is C#CCC(CC)n1c(C)nc(C(=O)OCC)c1N. The van der Waals surface area contributed by atoms with Gasteiger partial charge in [-0.1, -0.05) is 6.92 Å². The molecule has 0 fully saturated rings. The van der Waals surface area contributed by atoms with Crippen LogP contribution in [0.5, 0.6) is 0 Å². The summed E-state index contributed by atoms with van der Waals surface area (Å²) in [5, 5.41) is 0. The Morgan fingerprint density at radius 1 is 1.61 bits per heavy atom. The Morgan fingerprint density at radius 3 is 2.78 bits per heavy atom. The number of carbonyl (C=O) groups is 1. The lowest BCUT2D eigenvalue weighted by Gasteiger charge is -2.17. The van der Waals surface area contributed by atoms with Crippen LogP contribution in [-0.2, 0) is 4.74 Å². The predicted octanol–water partition coefficient (Wildman–Crippen LogP) is 1.92. The summed E-state index contributed by atoms with van der Waals surface area (Å²) in [7, 11) is 0. The zero-order valence-corrected chi connectivity index (χ0v) is 11.1. The van der Waals surface area contributed by atoms with E-state index < -0.39 is 5.97 Å². The normalized spacial score (nSPS) is 11.9. The maximum Gasteiger partial charge on any atom is 0.360 e. The summed E-state index contributed by atoms with van der Waals surface area (Å²) in [4.78, 5) is 15.9. The molecule has 1 heterocycles. The number of hydrogen-bond acceptors (Lipinski definition) is 4. The second kappa shape index (κ2) is 6.10.